The lowest BCUT2D eigenvalue weighted by Gasteiger charge is -2.08. The van der Waals surface area contributed by atoms with E-state index in [-0.39, 0.29) is 5.97 Å². The van der Waals surface area contributed by atoms with Crippen LogP contribution in [0.15, 0.2) is 24.3 Å². The van der Waals surface area contributed by atoms with Crippen molar-refractivity contribution in [2.24, 2.45) is 0 Å². The van der Waals surface area contributed by atoms with Gasteiger partial charge in [-0.05, 0) is 25.0 Å². The molecule has 0 aliphatic carbocycles. The van der Waals surface area contributed by atoms with Crippen LogP contribution >= 0.6 is 0 Å². The van der Waals surface area contributed by atoms with Gasteiger partial charge in [0.2, 0.25) is 0 Å². The van der Waals surface area contributed by atoms with E-state index in [1.165, 1.54) is 0 Å². The van der Waals surface area contributed by atoms with Crippen LogP contribution in [0.3, 0.4) is 0 Å². The number of carbonyl (C=O) groups excluding carboxylic acids is 1. The van der Waals surface area contributed by atoms with Crippen molar-refractivity contribution in [1.82, 2.24) is 0 Å². The van der Waals surface area contributed by atoms with Crippen LogP contribution < -0.4 is 4.74 Å². The van der Waals surface area contributed by atoms with E-state index in [4.69, 9.17) is 9.47 Å². The van der Waals surface area contributed by atoms with Gasteiger partial charge in [0.15, 0.2) is 0 Å². The standard InChI is InChI=1S/C14H20O3/c1-3-4-10-17-14(15)9-11-16-13-8-6-5-7-12(13)2/h5-8H,3-4,9-11H2,1-2H3. The molecule has 3 nitrogen and oxygen atoms in total. The number of unbranched alkanes of at least 4 members (excludes halogenated alkanes) is 1. The molecule has 1 rings (SSSR count). The Morgan fingerprint density at radius 1 is 1.24 bits per heavy atom. The van der Waals surface area contributed by atoms with E-state index in [1.807, 2.05) is 31.2 Å². The zero-order chi connectivity index (χ0) is 12.5. The summed E-state index contributed by atoms with van der Waals surface area (Å²) in [6.07, 6.45) is 2.26. The second-order valence-electron chi connectivity index (χ2n) is 3.94. The molecule has 0 spiro atoms. The van der Waals surface area contributed by atoms with Crippen LogP contribution in [0, 0.1) is 6.92 Å². The van der Waals surface area contributed by atoms with Crippen LogP contribution in [0.1, 0.15) is 31.7 Å². The molecule has 0 amide bonds. The topological polar surface area (TPSA) is 35.5 Å². The molecule has 0 saturated carbocycles. The molecule has 0 saturated heterocycles. The van der Waals surface area contributed by atoms with Gasteiger partial charge in [-0.3, -0.25) is 4.79 Å². The lowest BCUT2D eigenvalue weighted by atomic mass is 10.2. The lowest BCUT2D eigenvalue weighted by molar-refractivity contribution is -0.144. The maximum Gasteiger partial charge on any atom is 0.309 e. The molecular weight excluding hydrogens is 216 g/mol. The molecular formula is C14H20O3. The van der Waals surface area contributed by atoms with E-state index in [0.29, 0.717) is 19.6 Å². The molecule has 0 bridgehead atoms. The first-order valence-electron chi connectivity index (χ1n) is 6.08. The van der Waals surface area contributed by atoms with Crippen molar-refractivity contribution in [2.75, 3.05) is 13.2 Å². The third kappa shape index (κ3) is 5.38. The van der Waals surface area contributed by atoms with Crippen molar-refractivity contribution < 1.29 is 14.3 Å². The van der Waals surface area contributed by atoms with Gasteiger partial charge >= 0.3 is 5.97 Å². The summed E-state index contributed by atoms with van der Waals surface area (Å²) >= 11 is 0. The Morgan fingerprint density at radius 2 is 2.00 bits per heavy atom. The summed E-state index contributed by atoms with van der Waals surface area (Å²) in [4.78, 5) is 11.3. The highest BCUT2D eigenvalue weighted by Crippen LogP contribution is 2.16. The fraction of sp³-hybridized carbons (Fsp3) is 0.500. The molecule has 0 fully saturated rings. The van der Waals surface area contributed by atoms with Crippen molar-refractivity contribution in [1.29, 1.82) is 0 Å². The maximum absolute atomic E-state index is 11.3. The van der Waals surface area contributed by atoms with E-state index < -0.39 is 0 Å². The van der Waals surface area contributed by atoms with E-state index in [0.717, 1.165) is 24.2 Å². The van der Waals surface area contributed by atoms with Crippen molar-refractivity contribution in [3.8, 4) is 5.75 Å². The van der Waals surface area contributed by atoms with Gasteiger partial charge in [0, 0.05) is 0 Å². The zero-order valence-corrected chi connectivity index (χ0v) is 10.6. The molecule has 94 valence electrons. The molecule has 0 aliphatic heterocycles. The number of rotatable bonds is 7. The van der Waals surface area contributed by atoms with Crippen LogP contribution in [0.2, 0.25) is 0 Å². The highest BCUT2D eigenvalue weighted by atomic mass is 16.5. The van der Waals surface area contributed by atoms with Crippen LogP contribution in [0.25, 0.3) is 0 Å². The third-order valence-corrected chi connectivity index (χ3v) is 2.42. The van der Waals surface area contributed by atoms with Gasteiger partial charge in [-0.2, -0.15) is 0 Å². The van der Waals surface area contributed by atoms with Crippen LogP contribution in [0.5, 0.6) is 5.75 Å². The van der Waals surface area contributed by atoms with E-state index in [2.05, 4.69) is 6.92 Å². The van der Waals surface area contributed by atoms with Gasteiger partial charge < -0.3 is 9.47 Å². The molecule has 1 aromatic rings. The Kier molecular flexibility index (Phi) is 6.15. The number of para-hydroxylation sites is 1. The molecule has 0 aromatic heterocycles. The third-order valence-electron chi connectivity index (χ3n) is 2.42. The number of carbonyl (C=O) groups is 1. The SMILES string of the molecule is CCCCOC(=O)CCOc1ccccc1C. The number of hydrogen-bond acceptors (Lipinski definition) is 3. The summed E-state index contributed by atoms with van der Waals surface area (Å²) < 4.78 is 10.5. The van der Waals surface area contributed by atoms with E-state index >= 15 is 0 Å². The highest BCUT2D eigenvalue weighted by molar-refractivity contribution is 5.69. The number of benzene rings is 1. The number of aryl methyl sites for hydroxylation is 1. The maximum atomic E-state index is 11.3. The predicted octanol–water partition coefficient (Wildman–Crippen LogP) is 3.11. The Morgan fingerprint density at radius 3 is 2.71 bits per heavy atom. The normalized spacial score (nSPS) is 10.0. The van der Waals surface area contributed by atoms with Crippen molar-refractivity contribution >= 4 is 5.97 Å². The Hall–Kier alpha value is -1.51. The van der Waals surface area contributed by atoms with Gasteiger partial charge in [-0.15, -0.1) is 0 Å². The Balaban J connectivity index is 2.19. The highest BCUT2D eigenvalue weighted by Gasteiger charge is 2.03. The minimum Gasteiger partial charge on any atom is -0.493 e. The fourth-order valence-electron chi connectivity index (χ4n) is 1.37. The average Bonchev–Trinajstić information content (AvgIpc) is 2.32. The lowest BCUT2D eigenvalue weighted by Crippen LogP contribution is -2.10. The summed E-state index contributed by atoms with van der Waals surface area (Å²) in [6, 6.07) is 7.76. The van der Waals surface area contributed by atoms with Gasteiger partial charge in [-0.1, -0.05) is 31.5 Å². The fourth-order valence-corrected chi connectivity index (χ4v) is 1.37. The monoisotopic (exact) mass is 236 g/mol. The van der Waals surface area contributed by atoms with E-state index in [1.54, 1.807) is 0 Å². The molecule has 0 N–H and O–H groups in total. The van der Waals surface area contributed by atoms with Crippen molar-refractivity contribution in [3.05, 3.63) is 29.8 Å². The average molecular weight is 236 g/mol. The minimum atomic E-state index is -0.188. The summed E-state index contributed by atoms with van der Waals surface area (Å²) in [7, 11) is 0. The van der Waals surface area contributed by atoms with Gasteiger partial charge in [-0.25, -0.2) is 0 Å². The number of esters is 1. The van der Waals surface area contributed by atoms with Crippen molar-refractivity contribution in [2.45, 2.75) is 33.1 Å². The summed E-state index contributed by atoms with van der Waals surface area (Å²) in [5, 5.41) is 0. The first-order valence-corrected chi connectivity index (χ1v) is 6.08. The zero-order valence-electron chi connectivity index (χ0n) is 10.6. The quantitative estimate of drug-likeness (QED) is 0.539. The molecule has 0 unspecified atom stereocenters. The number of hydrogen-bond donors (Lipinski definition) is 0. The first kappa shape index (κ1) is 13.6. The summed E-state index contributed by atoms with van der Waals surface area (Å²) in [5.74, 6) is 0.640. The molecule has 0 radical (unpaired) electrons. The van der Waals surface area contributed by atoms with Gasteiger partial charge in [0.1, 0.15) is 5.75 Å². The van der Waals surface area contributed by atoms with Crippen LogP contribution in [-0.2, 0) is 9.53 Å². The second kappa shape index (κ2) is 7.71. The van der Waals surface area contributed by atoms with Crippen LogP contribution in [-0.4, -0.2) is 19.2 Å². The summed E-state index contributed by atoms with van der Waals surface area (Å²) in [6.45, 7) is 4.93. The minimum absolute atomic E-state index is 0.188. The molecule has 0 heterocycles. The Bertz CT molecular complexity index is 347. The first-order chi connectivity index (χ1) is 8.24. The molecule has 3 heteroatoms. The molecule has 17 heavy (non-hydrogen) atoms. The largest absolute Gasteiger partial charge is 0.493 e. The molecule has 0 atom stereocenters. The molecule has 1 aromatic carbocycles. The van der Waals surface area contributed by atoms with Gasteiger partial charge in [0.25, 0.3) is 0 Å². The smallest absolute Gasteiger partial charge is 0.309 e. The number of ether oxygens (including phenoxy) is 2. The van der Waals surface area contributed by atoms with Gasteiger partial charge in [0.05, 0.1) is 19.6 Å². The van der Waals surface area contributed by atoms with Crippen molar-refractivity contribution in [3.63, 3.8) is 0 Å². The van der Waals surface area contributed by atoms with E-state index in [9.17, 15) is 4.79 Å². The second-order valence-corrected chi connectivity index (χ2v) is 3.94. The molecule has 0 aliphatic rings. The van der Waals surface area contributed by atoms with Crippen LogP contribution in [0.4, 0.5) is 0 Å². The summed E-state index contributed by atoms with van der Waals surface area (Å²) in [5.41, 5.74) is 1.08. The Labute approximate surface area is 103 Å². The predicted molar refractivity (Wildman–Crippen MR) is 67.2 cm³/mol.